The minimum Gasteiger partial charge on any atom is -0.351 e. The average molecular weight is 611 g/mol. The molecule has 1 aliphatic carbocycles. The zero-order chi connectivity index (χ0) is 31.7. The number of fused-ring (bicyclic) bond motifs is 1. The van der Waals surface area contributed by atoms with Gasteiger partial charge in [0.2, 0.25) is 17.7 Å². The van der Waals surface area contributed by atoms with Crippen molar-refractivity contribution >= 4 is 40.0 Å². The van der Waals surface area contributed by atoms with Crippen molar-refractivity contribution in [3.05, 3.63) is 89.6 Å². The molecular formula is C34H32F2N6O3. The number of alkyl halides is 2. The number of nitrogens with zero attached hydrogens (tertiary/aromatic N) is 4. The maximum absolute atomic E-state index is 15.0. The number of rotatable bonds is 7. The van der Waals surface area contributed by atoms with E-state index in [9.17, 15) is 28.4 Å². The third-order valence-electron chi connectivity index (χ3n) is 8.76. The number of aryl methyl sites for hydroxylation is 1. The highest BCUT2D eigenvalue weighted by Gasteiger charge is 2.45. The lowest BCUT2D eigenvalue weighted by Gasteiger charge is -2.37. The molecule has 3 aromatic carbocycles. The zero-order valence-corrected chi connectivity index (χ0v) is 24.7. The summed E-state index contributed by atoms with van der Waals surface area (Å²) in [5.41, 5.74) is 2.98. The van der Waals surface area contributed by atoms with Gasteiger partial charge in [-0.15, -0.1) is 0 Å². The van der Waals surface area contributed by atoms with E-state index in [0.717, 1.165) is 5.56 Å². The Hall–Kier alpha value is -5.11. The van der Waals surface area contributed by atoms with Crippen LogP contribution in [0.3, 0.4) is 0 Å². The van der Waals surface area contributed by atoms with Crippen molar-refractivity contribution in [2.45, 2.75) is 69.5 Å². The van der Waals surface area contributed by atoms with Crippen LogP contribution in [0.4, 0.5) is 20.2 Å². The summed E-state index contributed by atoms with van der Waals surface area (Å²) in [6.45, 7) is 1.84. The number of aromatic nitrogens is 2. The van der Waals surface area contributed by atoms with Gasteiger partial charge in [0.15, 0.2) is 0 Å². The van der Waals surface area contributed by atoms with Gasteiger partial charge in [0.05, 0.1) is 29.0 Å². The third kappa shape index (κ3) is 5.88. The van der Waals surface area contributed by atoms with Gasteiger partial charge in [0.1, 0.15) is 12.1 Å². The normalized spacial score (nSPS) is 18.8. The quantitative estimate of drug-likeness (QED) is 0.278. The number of hydrogen-bond donors (Lipinski definition) is 2. The molecule has 1 saturated carbocycles. The smallest absolute Gasteiger partial charge is 0.251 e. The summed E-state index contributed by atoms with van der Waals surface area (Å²) in [6.07, 6.45) is 1.49. The molecule has 1 aromatic heterocycles. The largest absolute Gasteiger partial charge is 0.351 e. The van der Waals surface area contributed by atoms with Crippen LogP contribution in [-0.2, 0) is 14.4 Å². The molecule has 230 valence electrons. The van der Waals surface area contributed by atoms with Crippen molar-refractivity contribution in [2.75, 3.05) is 9.80 Å². The molecule has 0 spiro atoms. The predicted octanol–water partition coefficient (Wildman–Crippen LogP) is 5.71. The van der Waals surface area contributed by atoms with Crippen molar-refractivity contribution in [3.8, 4) is 6.07 Å². The Labute approximate surface area is 258 Å². The molecule has 2 heterocycles. The molecular weight excluding hydrogens is 578 g/mol. The van der Waals surface area contributed by atoms with Gasteiger partial charge in [0.25, 0.3) is 5.91 Å². The molecule has 2 fully saturated rings. The first-order valence-electron chi connectivity index (χ1n) is 15.0. The number of para-hydroxylation sites is 1. The summed E-state index contributed by atoms with van der Waals surface area (Å²) in [6, 6.07) is 18.5. The minimum absolute atomic E-state index is 0.104. The topological polar surface area (TPSA) is 122 Å². The Kier molecular flexibility index (Phi) is 8.06. The fourth-order valence-electron chi connectivity index (χ4n) is 6.42. The van der Waals surface area contributed by atoms with E-state index in [-0.39, 0.29) is 44.4 Å². The van der Waals surface area contributed by atoms with Gasteiger partial charge in [0, 0.05) is 36.4 Å². The number of benzene rings is 3. The molecule has 0 bridgehead atoms. The zero-order valence-electron chi connectivity index (χ0n) is 24.7. The highest BCUT2D eigenvalue weighted by molar-refractivity contribution is 6.13. The number of anilines is 2. The summed E-state index contributed by atoms with van der Waals surface area (Å²) in [5, 5.41) is 20.3. The molecule has 0 unspecified atom stereocenters. The maximum Gasteiger partial charge on any atom is 0.251 e. The standard InChI is InChI=1S/C34H32F2N6O3/c1-21-6-2-3-10-26(21)31(32(44)39-24-14-16-34(35,36)17-15-24)42(27-11-5-8-23-20-38-40-30(23)27)33(45)28-12-13-29(43)41(28)25-9-4-7-22(18-25)19-37/h2-11,18,20,24,28,31H,12-17H2,1H3,(H,38,40)(H,39,44)/t28-,31-/m0/s1. The highest BCUT2D eigenvalue weighted by atomic mass is 19.3. The number of carbonyl (C=O) groups is 3. The molecule has 4 aromatic rings. The van der Waals surface area contributed by atoms with Gasteiger partial charge < -0.3 is 5.32 Å². The van der Waals surface area contributed by atoms with Crippen molar-refractivity contribution < 1.29 is 23.2 Å². The third-order valence-corrected chi connectivity index (χ3v) is 8.76. The van der Waals surface area contributed by atoms with Crippen LogP contribution in [0, 0.1) is 18.3 Å². The van der Waals surface area contributed by atoms with Crippen molar-refractivity contribution in [2.24, 2.45) is 0 Å². The van der Waals surface area contributed by atoms with Crippen LogP contribution >= 0.6 is 0 Å². The first-order chi connectivity index (χ1) is 21.7. The van der Waals surface area contributed by atoms with E-state index in [1.54, 1.807) is 54.7 Å². The lowest BCUT2D eigenvalue weighted by Crippen LogP contribution is -2.53. The molecule has 2 atom stereocenters. The van der Waals surface area contributed by atoms with Gasteiger partial charge in [-0.25, -0.2) is 8.78 Å². The van der Waals surface area contributed by atoms with Crippen LogP contribution in [0.5, 0.6) is 0 Å². The number of amides is 3. The van der Waals surface area contributed by atoms with Crippen LogP contribution in [-0.4, -0.2) is 45.9 Å². The van der Waals surface area contributed by atoms with Crippen LogP contribution < -0.4 is 15.1 Å². The number of carbonyl (C=O) groups excluding carboxylic acids is 3. The van der Waals surface area contributed by atoms with Crippen molar-refractivity contribution in [1.29, 1.82) is 5.26 Å². The Morgan fingerprint density at radius 1 is 1.09 bits per heavy atom. The summed E-state index contributed by atoms with van der Waals surface area (Å²) in [4.78, 5) is 45.5. The molecule has 2 aliphatic rings. The molecule has 11 heteroatoms. The van der Waals surface area contributed by atoms with Gasteiger partial charge >= 0.3 is 0 Å². The molecule has 1 aliphatic heterocycles. The second-order valence-electron chi connectivity index (χ2n) is 11.7. The maximum atomic E-state index is 15.0. The van der Waals surface area contributed by atoms with E-state index in [4.69, 9.17) is 0 Å². The Balaban J connectivity index is 1.48. The minimum atomic E-state index is -2.77. The predicted molar refractivity (Wildman–Crippen MR) is 165 cm³/mol. The molecule has 2 N–H and O–H groups in total. The van der Waals surface area contributed by atoms with Crippen molar-refractivity contribution in [3.63, 3.8) is 0 Å². The van der Waals surface area contributed by atoms with Crippen molar-refractivity contribution in [1.82, 2.24) is 15.5 Å². The first kappa shape index (κ1) is 29.9. The van der Waals surface area contributed by atoms with E-state index < -0.39 is 35.9 Å². The monoisotopic (exact) mass is 610 g/mol. The molecule has 0 radical (unpaired) electrons. The Bertz CT molecular complexity index is 1800. The number of nitriles is 1. The van der Waals surface area contributed by atoms with E-state index in [0.29, 0.717) is 33.4 Å². The summed E-state index contributed by atoms with van der Waals surface area (Å²) >= 11 is 0. The highest BCUT2D eigenvalue weighted by Crippen LogP contribution is 2.38. The van der Waals surface area contributed by atoms with Crippen LogP contribution in [0.1, 0.15) is 61.3 Å². The number of nitrogens with one attached hydrogen (secondary N) is 2. The van der Waals surface area contributed by atoms with E-state index in [1.807, 2.05) is 25.1 Å². The van der Waals surface area contributed by atoms with Crippen LogP contribution in [0.15, 0.2) is 72.9 Å². The van der Waals surface area contributed by atoms with Gasteiger partial charge in [-0.05, 0) is 61.6 Å². The van der Waals surface area contributed by atoms with E-state index in [1.165, 1.54) is 9.80 Å². The molecule has 6 rings (SSSR count). The van der Waals surface area contributed by atoms with Crippen LogP contribution in [0.2, 0.25) is 0 Å². The number of halogens is 2. The van der Waals surface area contributed by atoms with Gasteiger partial charge in [-0.1, -0.05) is 42.5 Å². The molecule has 3 amide bonds. The van der Waals surface area contributed by atoms with E-state index >= 15 is 0 Å². The summed E-state index contributed by atoms with van der Waals surface area (Å²) in [5.74, 6) is -4.05. The van der Waals surface area contributed by atoms with Gasteiger partial charge in [-0.3, -0.25) is 29.3 Å². The molecule has 1 saturated heterocycles. The summed E-state index contributed by atoms with van der Waals surface area (Å²) in [7, 11) is 0. The van der Waals surface area contributed by atoms with E-state index in [2.05, 4.69) is 21.6 Å². The number of H-pyrrole nitrogens is 1. The SMILES string of the molecule is Cc1ccccc1[C@@H](C(=O)NC1CCC(F)(F)CC1)N(C(=O)[C@@H]1CCC(=O)N1c1cccc(C#N)c1)c1cccc2cn[nH]c12. The summed E-state index contributed by atoms with van der Waals surface area (Å²) < 4.78 is 27.9. The molecule has 9 nitrogen and oxygen atoms in total. The fourth-order valence-corrected chi connectivity index (χ4v) is 6.42. The second kappa shape index (κ2) is 12.1. The Morgan fingerprint density at radius 3 is 2.60 bits per heavy atom. The fraction of sp³-hybridized carbons (Fsp3) is 0.324. The van der Waals surface area contributed by atoms with Gasteiger partial charge in [-0.2, -0.15) is 10.4 Å². The number of aromatic amines is 1. The first-order valence-corrected chi connectivity index (χ1v) is 15.0. The second-order valence-corrected chi connectivity index (χ2v) is 11.7. The lowest BCUT2D eigenvalue weighted by molar-refractivity contribution is -0.128. The average Bonchev–Trinajstić information content (AvgIpc) is 3.68. The Morgan fingerprint density at radius 2 is 1.84 bits per heavy atom. The van der Waals surface area contributed by atoms with Crippen LogP contribution in [0.25, 0.3) is 10.9 Å². The number of hydrogen-bond acceptors (Lipinski definition) is 5. The lowest BCUT2D eigenvalue weighted by atomic mass is 9.91. The molecule has 45 heavy (non-hydrogen) atoms.